The molecule has 0 unspecified atom stereocenters. The Kier molecular flexibility index (Phi) is 2.34. The van der Waals surface area contributed by atoms with Crippen molar-refractivity contribution in [1.82, 2.24) is 10.2 Å². The number of hydrogen-bond donors (Lipinski definition) is 1. The first-order valence-corrected chi connectivity index (χ1v) is 5.71. The number of benzene rings is 1. The van der Waals surface area contributed by atoms with Crippen LogP contribution in [0.15, 0.2) is 28.7 Å². The van der Waals surface area contributed by atoms with Gasteiger partial charge in [0.1, 0.15) is 5.82 Å². The fraction of sp³-hybridized carbons (Fsp3) is 0. The molecule has 0 spiro atoms. The molecule has 7 heteroatoms. The average Bonchev–Trinajstić information content (AvgIpc) is 2.93. The fourth-order valence-electron chi connectivity index (χ4n) is 1.52. The van der Waals surface area contributed by atoms with E-state index in [9.17, 15) is 9.18 Å². The molecule has 3 aromatic rings. The number of halogens is 1. The standard InChI is InChI=1S/C11H5FN2O3S/c12-6-2-1-5-3-8(18-7(5)4-6)9-13-14-10(17-9)11(15)16/h1-4H,(H,15,16). The van der Waals surface area contributed by atoms with E-state index in [1.165, 1.54) is 23.5 Å². The summed E-state index contributed by atoms with van der Waals surface area (Å²) in [5.41, 5.74) is 0. The second kappa shape index (κ2) is 3.88. The molecule has 90 valence electrons. The lowest BCUT2D eigenvalue weighted by Gasteiger charge is -1.86. The molecule has 3 rings (SSSR count). The SMILES string of the molecule is O=C(O)c1nnc(-c2cc3ccc(F)cc3s2)o1. The largest absolute Gasteiger partial charge is 0.474 e. The Balaban J connectivity index is 2.10. The normalized spacial score (nSPS) is 10.9. The topological polar surface area (TPSA) is 76.2 Å². The maximum atomic E-state index is 13.0. The van der Waals surface area contributed by atoms with Crippen molar-refractivity contribution >= 4 is 27.4 Å². The number of aromatic nitrogens is 2. The third-order valence-corrected chi connectivity index (χ3v) is 3.39. The first kappa shape index (κ1) is 10.8. The van der Waals surface area contributed by atoms with Crippen molar-refractivity contribution in [2.45, 2.75) is 0 Å². The number of fused-ring (bicyclic) bond motifs is 1. The number of hydrogen-bond acceptors (Lipinski definition) is 5. The van der Waals surface area contributed by atoms with Crippen LogP contribution in [0.3, 0.4) is 0 Å². The highest BCUT2D eigenvalue weighted by Crippen LogP contribution is 2.33. The third-order valence-electron chi connectivity index (χ3n) is 2.30. The summed E-state index contributed by atoms with van der Waals surface area (Å²) in [5.74, 6) is -1.95. The van der Waals surface area contributed by atoms with Crippen molar-refractivity contribution in [3.63, 3.8) is 0 Å². The minimum Gasteiger partial charge on any atom is -0.474 e. The highest BCUT2D eigenvalue weighted by Gasteiger charge is 2.16. The summed E-state index contributed by atoms with van der Waals surface area (Å²) in [6.45, 7) is 0. The van der Waals surface area contributed by atoms with Crippen LogP contribution in [0.2, 0.25) is 0 Å². The summed E-state index contributed by atoms with van der Waals surface area (Å²) in [7, 11) is 0. The average molecular weight is 264 g/mol. The van der Waals surface area contributed by atoms with Crippen molar-refractivity contribution in [2.75, 3.05) is 0 Å². The predicted molar refractivity (Wildman–Crippen MR) is 62.0 cm³/mol. The van der Waals surface area contributed by atoms with Gasteiger partial charge < -0.3 is 9.52 Å². The minimum atomic E-state index is -1.28. The lowest BCUT2D eigenvalue weighted by molar-refractivity contribution is 0.0654. The molecular weight excluding hydrogens is 259 g/mol. The molecule has 0 aliphatic carbocycles. The monoisotopic (exact) mass is 264 g/mol. The van der Waals surface area contributed by atoms with Gasteiger partial charge in [-0.25, -0.2) is 9.18 Å². The van der Waals surface area contributed by atoms with Crippen LogP contribution >= 0.6 is 11.3 Å². The summed E-state index contributed by atoms with van der Waals surface area (Å²) in [6, 6.07) is 6.14. The van der Waals surface area contributed by atoms with Crippen molar-refractivity contribution in [1.29, 1.82) is 0 Å². The lowest BCUT2D eigenvalue weighted by atomic mass is 10.2. The quantitative estimate of drug-likeness (QED) is 0.770. The van der Waals surface area contributed by atoms with Crippen molar-refractivity contribution in [3.05, 3.63) is 36.0 Å². The zero-order valence-electron chi connectivity index (χ0n) is 8.75. The van der Waals surface area contributed by atoms with E-state index in [1.807, 2.05) is 0 Å². The number of rotatable bonds is 2. The lowest BCUT2D eigenvalue weighted by Crippen LogP contribution is -1.95. The van der Waals surface area contributed by atoms with Crippen LogP contribution in [-0.2, 0) is 0 Å². The van der Waals surface area contributed by atoms with Gasteiger partial charge in [-0.2, -0.15) is 0 Å². The molecule has 0 saturated heterocycles. The predicted octanol–water partition coefficient (Wildman–Crippen LogP) is 2.79. The third kappa shape index (κ3) is 1.74. The Labute approximate surface area is 103 Å². The van der Waals surface area contributed by atoms with Gasteiger partial charge >= 0.3 is 11.9 Å². The van der Waals surface area contributed by atoms with Gasteiger partial charge in [-0.15, -0.1) is 21.5 Å². The minimum absolute atomic E-state index is 0.119. The number of nitrogens with zero attached hydrogens (tertiary/aromatic N) is 2. The molecule has 0 bridgehead atoms. The van der Waals surface area contributed by atoms with Gasteiger partial charge in [0, 0.05) is 4.70 Å². The molecule has 0 saturated carbocycles. The summed E-state index contributed by atoms with van der Waals surface area (Å²) < 4.78 is 18.8. The van der Waals surface area contributed by atoms with Crippen molar-refractivity contribution in [3.8, 4) is 10.8 Å². The fourth-order valence-corrected chi connectivity index (χ4v) is 2.53. The highest BCUT2D eigenvalue weighted by molar-refractivity contribution is 7.22. The van der Waals surface area contributed by atoms with Gasteiger partial charge in [0.15, 0.2) is 0 Å². The van der Waals surface area contributed by atoms with E-state index in [0.717, 1.165) is 10.1 Å². The van der Waals surface area contributed by atoms with E-state index in [1.54, 1.807) is 12.1 Å². The van der Waals surface area contributed by atoms with E-state index in [-0.39, 0.29) is 11.7 Å². The van der Waals surface area contributed by atoms with Crippen LogP contribution in [0.5, 0.6) is 0 Å². The molecule has 0 atom stereocenters. The van der Waals surface area contributed by atoms with Crippen LogP contribution in [-0.4, -0.2) is 21.3 Å². The Morgan fingerprint density at radius 3 is 2.89 bits per heavy atom. The molecule has 0 aliphatic rings. The van der Waals surface area contributed by atoms with Crippen LogP contribution in [0.4, 0.5) is 4.39 Å². The van der Waals surface area contributed by atoms with Crippen molar-refractivity contribution in [2.24, 2.45) is 0 Å². The summed E-state index contributed by atoms with van der Waals surface area (Å²) in [6.07, 6.45) is 0. The number of carboxylic acids is 1. The van der Waals surface area contributed by atoms with Gasteiger partial charge in [0.25, 0.3) is 5.89 Å². The van der Waals surface area contributed by atoms with Gasteiger partial charge in [0.2, 0.25) is 0 Å². The first-order chi connectivity index (χ1) is 8.63. The highest BCUT2D eigenvalue weighted by atomic mass is 32.1. The zero-order valence-corrected chi connectivity index (χ0v) is 9.57. The van der Waals surface area contributed by atoms with Gasteiger partial charge in [-0.05, 0) is 23.6 Å². The summed E-state index contributed by atoms with van der Waals surface area (Å²) >= 11 is 1.26. The molecule has 2 heterocycles. The van der Waals surface area contributed by atoms with Crippen molar-refractivity contribution < 1.29 is 18.7 Å². The van der Waals surface area contributed by atoms with Crippen LogP contribution in [0.1, 0.15) is 10.7 Å². The molecular formula is C11H5FN2O3S. The Hall–Kier alpha value is -2.28. The molecule has 0 fully saturated rings. The number of aromatic carboxylic acids is 1. The molecule has 5 nitrogen and oxygen atoms in total. The Bertz CT molecular complexity index is 750. The maximum absolute atomic E-state index is 13.0. The van der Waals surface area contributed by atoms with Crippen LogP contribution in [0, 0.1) is 5.82 Å². The Morgan fingerprint density at radius 2 is 2.17 bits per heavy atom. The Morgan fingerprint density at radius 1 is 1.33 bits per heavy atom. The smallest absolute Gasteiger partial charge is 0.393 e. The van der Waals surface area contributed by atoms with Gasteiger partial charge in [-0.3, -0.25) is 0 Å². The molecule has 18 heavy (non-hydrogen) atoms. The second-order valence-corrected chi connectivity index (χ2v) is 4.59. The van der Waals surface area contributed by atoms with E-state index in [2.05, 4.69) is 10.2 Å². The maximum Gasteiger partial charge on any atom is 0.393 e. The molecule has 0 aliphatic heterocycles. The molecule has 0 amide bonds. The van der Waals surface area contributed by atoms with Crippen LogP contribution < -0.4 is 0 Å². The molecule has 2 aromatic heterocycles. The number of thiophene rings is 1. The summed E-state index contributed by atoms with van der Waals surface area (Å²) in [5, 5.41) is 16.6. The first-order valence-electron chi connectivity index (χ1n) is 4.90. The zero-order chi connectivity index (χ0) is 12.7. The molecule has 1 aromatic carbocycles. The second-order valence-electron chi connectivity index (χ2n) is 3.51. The van der Waals surface area contributed by atoms with Gasteiger partial charge in [0.05, 0.1) is 4.88 Å². The number of carbonyl (C=O) groups is 1. The molecule has 0 radical (unpaired) electrons. The van der Waals surface area contributed by atoms with Gasteiger partial charge in [-0.1, -0.05) is 6.07 Å². The van der Waals surface area contributed by atoms with E-state index < -0.39 is 11.9 Å². The number of carboxylic acid groups (broad SMARTS) is 1. The molecule has 1 N–H and O–H groups in total. The summed E-state index contributed by atoms with van der Waals surface area (Å²) in [4.78, 5) is 11.2. The van der Waals surface area contributed by atoms with Crippen LogP contribution in [0.25, 0.3) is 20.9 Å². The van der Waals surface area contributed by atoms with E-state index in [0.29, 0.717) is 4.88 Å². The van der Waals surface area contributed by atoms with E-state index >= 15 is 0 Å². The van der Waals surface area contributed by atoms with E-state index in [4.69, 9.17) is 9.52 Å².